The van der Waals surface area contributed by atoms with Crippen LogP contribution in [0.15, 0.2) is 48.8 Å². The van der Waals surface area contributed by atoms with Crippen LogP contribution in [0.1, 0.15) is 12.5 Å². The number of amides is 1. The largest absolute Gasteiger partial charge is 0.497 e. The lowest BCUT2D eigenvalue weighted by Crippen LogP contribution is -2.26. The molecule has 0 bridgehead atoms. The van der Waals surface area contributed by atoms with Gasteiger partial charge in [-0.2, -0.15) is 16.7 Å². The van der Waals surface area contributed by atoms with Crippen molar-refractivity contribution in [3.05, 3.63) is 48.8 Å². The van der Waals surface area contributed by atoms with E-state index in [1.165, 1.54) is 0 Å². The van der Waals surface area contributed by atoms with Gasteiger partial charge in [0.1, 0.15) is 11.8 Å². The first-order valence-electron chi connectivity index (χ1n) is 8.20. The average Bonchev–Trinajstić information content (AvgIpc) is 3.34. The lowest BCUT2D eigenvalue weighted by Gasteiger charge is -2.17. The number of H-pyrrole nitrogens is 1. The maximum atomic E-state index is 12.7. The number of aromatic nitrogens is 4. The highest BCUT2D eigenvalue weighted by Crippen LogP contribution is 2.21. The van der Waals surface area contributed by atoms with Crippen LogP contribution < -0.4 is 10.1 Å². The van der Waals surface area contributed by atoms with Gasteiger partial charge in [-0.25, -0.2) is 0 Å². The number of aromatic amines is 1. The van der Waals surface area contributed by atoms with Gasteiger partial charge in [-0.3, -0.25) is 15.2 Å². The van der Waals surface area contributed by atoms with Crippen molar-refractivity contribution in [2.45, 2.75) is 12.5 Å². The minimum atomic E-state index is -0.291. The van der Waals surface area contributed by atoms with Gasteiger partial charge >= 0.3 is 0 Å². The summed E-state index contributed by atoms with van der Waals surface area (Å²) in [5.74, 6) is 2.38. The van der Waals surface area contributed by atoms with E-state index < -0.39 is 0 Å². The number of carbonyl (C=O) groups is 1. The first kappa shape index (κ1) is 18.1. The van der Waals surface area contributed by atoms with Crippen LogP contribution in [0.2, 0.25) is 0 Å². The molecule has 2 heterocycles. The van der Waals surface area contributed by atoms with Gasteiger partial charge in [-0.1, -0.05) is 0 Å². The number of nitrogens with zero attached hydrogens (tertiary/aromatic N) is 3. The molecule has 1 amide bonds. The molecule has 7 nitrogen and oxygen atoms in total. The number of ether oxygens (including phenoxy) is 1. The Bertz CT molecular complexity index is 830. The van der Waals surface area contributed by atoms with Crippen molar-refractivity contribution < 1.29 is 9.53 Å². The summed E-state index contributed by atoms with van der Waals surface area (Å²) >= 11 is 1.71. The summed E-state index contributed by atoms with van der Waals surface area (Å²) in [6, 6.07) is 11.0. The Morgan fingerprint density at radius 1 is 1.31 bits per heavy atom. The molecule has 26 heavy (non-hydrogen) atoms. The normalized spacial score (nSPS) is 11.9. The Morgan fingerprint density at radius 2 is 2.04 bits per heavy atom. The van der Waals surface area contributed by atoms with Crippen LogP contribution >= 0.6 is 11.8 Å². The highest BCUT2D eigenvalue weighted by molar-refractivity contribution is 7.98. The second kappa shape index (κ2) is 8.57. The zero-order valence-corrected chi connectivity index (χ0v) is 15.5. The SMILES string of the molecule is COc1ccc(-c2nc(NC(=O)[C@H](CCSC)n3cccc3)n[nH]2)cc1. The molecule has 136 valence electrons. The lowest BCUT2D eigenvalue weighted by molar-refractivity contribution is -0.119. The van der Waals surface area contributed by atoms with Crippen LogP contribution in [0, 0.1) is 0 Å². The topological polar surface area (TPSA) is 84.8 Å². The number of benzene rings is 1. The average molecular weight is 371 g/mol. The van der Waals surface area contributed by atoms with E-state index in [0.717, 1.165) is 23.5 Å². The van der Waals surface area contributed by atoms with Crippen LogP contribution in [0.4, 0.5) is 5.95 Å². The molecule has 2 aromatic heterocycles. The molecule has 8 heteroatoms. The van der Waals surface area contributed by atoms with Gasteiger partial charge < -0.3 is 9.30 Å². The second-order valence-electron chi connectivity index (χ2n) is 5.65. The van der Waals surface area contributed by atoms with Crippen molar-refractivity contribution in [1.29, 1.82) is 0 Å². The lowest BCUT2D eigenvalue weighted by atomic mass is 10.2. The highest BCUT2D eigenvalue weighted by Gasteiger charge is 2.21. The summed E-state index contributed by atoms with van der Waals surface area (Å²) in [7, 11) is 1.62. The monoisotopic (exact) mass is 371 g/mol. The highest BCUT2D eigenvalue weighted by atomic mass is 32.2. The molecule has 1 aromatic carbocycles. The summed E-state index contributed by atoms with van der Waals surface area (Å²) < 4.78 is 7.05. The fourth-order valence-corrected chi connectivity index (χ4v) is 3.05. The van der Waals surface area contributed by atoms with E-state index in [1.807, 2.05) is 59.6 Å². The molecule has 0 spiro atoms. The van der Waals surface area contributed by atoms with Crippen LogP contribution in [0.5, 0.6) is 5.75 Å². The summed E-state index contributed by atoms with van der Waals surface area (Å²) in [5.41, 5.74) is 0.864. The van der Waals surface area contributed by atoms with Crippen molar-refractivity contribution in [1.82, 2.24) is 19.7 Å². The molecule has 0 aliphatic rings. The van der Waals surface area contributed by atoms with Gasteiger partial charge in [0, 0.05) is 18.0 Å². The maximum Gasteiger partial charge on any atom is 0.249 e. The maximum absolute atomic E-state index is 12.7. The first-order chi connectivity index (χ1) is 12.7. The van der Waals surface area contributed by atoms with Crippen LogP contribution in [0.25, 0.3) is 11.4 Å². The van der Waals surface area contributed by atoms with Gasteiger partial charge in [0.25, 0.3) is 0 Å². The molecule has 0 unspecified atom stereocenters. The van der Waals surface area contributed by atoms with Crippen molar-refractivity contribution in [2.24, 2.45) is 0 Å². The predicted molar refractivity (Wildman–Crippen MR) is 103 cm³/mol. The summed E-state index contributed by atoms with van der Waals surface area (Å²) in [5, 5.41) is 9.76. The molecule has 2 N–H and O–H groups in total. The van der Waals surface area contributed by atoms with Gasteiger partial charge in [0.2, 0.25) is 11.9 Å². The van der Waals surface area contributed by atoms with Gasteiger partial charge in [0.15, 0.2) is 5.82 Å². The van der Waals surface area contributed by atoms with Crippen molar-refractivity contribution >= 4 is 23.6 Å². The quantitative estimate of drug-likeness (QED) is 0.635. The predicted octanol–water partition coefficient (Wildman–Crippen LogP) is 3.21. The third kappa shape index (κ3) is 4.26. The summed E-state index contributed by atoms with van der Waals surface area (Å²) in [6.45, 7) is 0. The molecule has 0 aliphatic carbocycles. The summed E-state index contributed by atoms with van der Waals surface area (Å²) in [4.78, 5) is 17.1. The van der Waals surface area contributed by atoms with Gasteiger partial charge in [-0.05, 0) is 54.8 Å². The zero-order chi connectivity index (χ0) is 18.4. The molecular formula is C18H21N5O2S. The third-order valence-electron chi connectivity index (χ3n) is 3.97. The molecule has 3 rings (SSSR count). The Labute approximate surface area is 156 Å². The molecule has 0 radical (unpaired) electrons. The Balaban J connectivity index is 1.71. The smallest absolute Gasteiger partial charge is 0.249 e. The van der Waals surface area contributed by atoms with Gasteiger partial charge in [-0.15, -0.1) is 5.10 Å². The third-order valence-corrected chi connectivity index (χ3v) is 4.61. The van der Waals surface area contributed by atoms with Crippen LogP contribution in [-0.4, -0.2) is 44.8 Å². The Hall–Kier alpha value is -2.74. The molecule has 0 saturated heterocycles. The van der Waals surface area contributed by atoms with Crippen molar-refractivity contribution in [3.8, 4) is 17.1 Å². The molecular weight excluding hydrogens is 350 g/mol. The fourth-order valence-electron chi connectivity index (χ4n) is 2.59. The van der Waals surface area contributed by atoms with Crippen molar-refractivity contribution in [3.63, 3.8) is 0 Å². The van der Waals surface area contributed by atoms with E-state index in [2.05, 4.69) is 20.5 Å². The Morgan fingerprint density at radius 3 is 2.69 bits per heavy atom. The van der Waals surface area contributed by atoms with Crippen LogP contribution in [0.3, 0.4) is 0 Å². The van der Waals surface area contributed by atoms with Crippen molar-refractivity contribution in [2.75, 3.05) is 24.4 Å². The number of anilines is 1. The number of nitrogens with one attached hydrogen (secondary N) is 2. The van der Waals surface area contributed by atoms with E-state index in [4.69, 9.17) is 4.74 Å². The van der Waals surface area contributed by atoms with E-state index in [-0.39, 0.29) is 17.9 Å². The molecule has 1 atom stereocenters. The van der Waals surface area contributed by atoms with E-state index in [1.54, 1.807) is 18.9 Å². The number of methoxy groups -OCH3 is 1. The minimum absolute atomic E-state index is 0.129. The molecule has 3 aromatic rings. The number of thioether (sulfide) groups is 1. The van der Waals surface area contributed by atoms with E-state index in [0.29, 0.717) is 5.82 Å². The Kier molecular flexibility index (Phi) is 5.96. The van der Waals surface area contributed by atoms with Gasteiger partial charge in [0.05, 0.1) is 7.11 Å². The molecule has 0 aliphatic heterocycles. The first-order valence-corrected chi connectivity index (χ1v) is 9.59. The number of hydrogen-bond donors (Lipinski definition) is 2. The second-order valence-corrected chi connectivity index (χ2v) is 6.64. The number of carbonyl (C=O) groups excluding carboxylic acids is 1. The minimum Gasteiger partial charge on any atom is -0.497 e. The van der Waals surface area contributed by atoms with E-state index in [9.17, 15) is 4.79 Å². The zero-order valence-electron chi connectivity index (χ0n) is 14.7. The fraction of sp³-hybridized carbons (Fsp3) is 0.278. The molecule has 0 fully saturated rings. The summed E-state index contributed by atoms with van der Waals surface area (Å²) in [6.07, 6.45) is 6.55. The van der Waals surface area contributed by atoms with Crippen LogP contribution in [-0.2, 0) is 4.79 Å². The standard InChI is InChI=1S/C18H21N5O2S/c1-25-14-7-5-13(6-8-14)16-19-18(22-21-16)20-17(24)15(9-12-26-2)23-10-3-4-11-23/h3-8,10-11,15H,9,12H2,1-2H3,(H2,19,20,21,22,24)/t15-/m0/s1. The number of hydrogen-bond acceptors (Lipinski definition) is 5. The van der Waals surface area contributed by atoms with E-state index >= 15 is 0 Å². The number of rotatable bonds is 8. The molecule has 0 saturated carbocycles.